The molecular formula is C21H29N3O4. The van der Waals surface area contributed by atoms with Crippen LogP contribution in [0.15, 0.2) is 30.3 Å². The second-order valence-electron chi connectivity index (χ2n) is 7.77. The fraction of sp³-hybridized carbons (Fsp3) is 0.571. The molecule has 28 heavy (non-hydrogen) atoms. The zero-order chi connectivity index (χ0) is 20.3. The Morgan fingerprint density at radius 1 is 1.04 bits per heavy atom. The standard InChI is InChI=1S/C21H29N3O4/c1-15(2)24-14-17(13-19(24)25)21(27)28-16(3)20(26)23-11-9-22(10-12-23)18-7-5-4-6-8-18/h4-8,15-17H,9-14H2,1-3H3. The van der Waals surface area contributed by atoms with Gasteiger partial charge in [0.1, 0.15) is 0 Å². The Morgan fingerprint density at radius 3 is 2.25 bits per heavy atom. The van der Waals surface area contributed by atoms with Crippen LogP contribution in [0.5, 0.6) is 0 Å². The van der Waals surface area contributed by atoms with Crippen LogP contribution in [0.4, 0.5) is 5.69 Å². The lowest BCUT2D eigenvalue weighted by Crippen LogP contribution is -2.51. The van der Waals surface area contributed by atoms with Crippen LogP contribution in [-0.2, 0) is 19.1 Å². The van der Waals surface area contributed by atoms with E-state index in [4.69, 9.17) is 4.74 Å². The van der Waals surface area contributed by atoms with Crippen LogP contribution < -0.4 is 4.90 Å². The molecule has 7 nitrogen and oxygen atoms in total. The van der Waals surface area contributed by atoms with Gasteiger partial charge in [0.15, 0.2) is 6.10 Å². The highest BCUT2D eigenvalue weighted by atomic mass is 16.5. The van der Waals surface area contributed by atoms with E-state index >= 15 is 0 Å². The summed E-state index contributed by atoms with van der Waals surface area (Å²) in [6, 6.07) is 10.2. The predicted octanol–water partition coefficient (Wildman–Crippen LogP) is 1.52. The molecule has 0 spiro atoms. The molecule has 7 heteroatoms. The van der Waals surface area contributed by atoms with Gasteiger partial charge in [-0.25, -0.2) is 0 Å². The Kier molecular flexibility index (Phi) is 6.21. The number of ether oxygens (including phenoxy) is 1. The van der Waals surface area contributed by atoms with Gasteiger partial charge in [-0.05, 0) is 32.9 Å². The van der Waals surface area contributed by atoms with Crippen molar-refractivity contribution in [2.24, 2.45) is 5.92 Å². The van der Waals surface area contributed by atoms with E-state index in [2.05, 4.69) is 17.0 Å². The van der Waals surface area contributed by atoms with Gasteiger partial charge in [-0.3, -0.25) is 14.4 Å². The molecule has 3 rings (SSSR count). The molecule has 2 saturated heterocycles. The minimum absolute atomic E-state index is 0.0343. The van der Waals surface area contributed by atoms with Crippen molar-refractivity contribution >= 4 is 23.5 Å². The number of piperazine rings is 1. The number of carbonyl (C=O) groups is 3. The summed E-state index contributed by atoms with van der Waals surface area (Å²) in [6.45, 7) is 8.51. The molecule has 0 bridgehead atoms. The van der Waals surface area contributed by atoms with Crippen molar-refractivity contribution < 1.29 is 19.1 Å². The third-order valence-electron chi connectivity index (χ3n) is 5.47. The fourth-order valence-electron chi connectivity index (χ4n) is 3.79. The van der Waals surface area contributed by atoms with Gasteiger partial charge in [0.25, 0.3) is 5.91 Å². The third-order valence-corrected chi connectivity index (χ3v) is 5.47. The van der Waals surface area contributed by atoms with Crippen molar-refractivity contribution in [2.75, 3.05) is 37.6 Å². The number of likely N-dealkylation sites (tertiary alicyclic amines) is 1. The van der Waals surface area contributed by atoms with Crippen molar-refractivity contribution in [2.45, 2.75) is 39.3 Å². The highest BCUT2D eigenvalue weighted by molar-refractivity contribution is 5.89. The van der Waals surface area contributed by atoms with Gasteiger partial charge in [-0.2, -0.15) is 0 Å². The van der Waals surface area contributed by atoms with Crippen LogP contribution >= 0.6 is 0 Å². The van der Waals surface area contributed by atoms with Gasteiger partial charge in [0, 0.05) is 50.9 Å². The molecule has 0 aliphatic carbocycles. The summed E-state index contributed by atoms with van der Waals surface area (Å²) < 4.78 is 5.41. The van der Waals surface area contributed by atoms with E-state index in [0.717, 1.165) is 18.8 Å². The summed E-state index contributed by atoms with van der Waals surface area (Å²) in [7, 11) is 0. The molecule has 2 atom stereocenters. The molecule has 1 aromatic rings. The number of benzene rings is 1. The number of esters is 1. The second kappa shape index (κ2) is 8.63. The molecule has 2 aliphatic heterocycles. The third kappa shape index (κ3) is 4.46. The lowest BCUT2D eigenvalue weighted by Gasteiger charge is -2.37. The number of anilines is 1. The summed E-state index contributed by atoms with van der Waals surface area (Å²) in [5, 5.41) is 0. The van der Waals surface area contributed by atoms with E-state index in [-0.39, 0.29) is 24.3 Å². The summed E-state index contributed by atoms with van der Waals surface area (Å²) in [4.78, 5) is 42.7. The van der Waals surface area contributed by atoms with E-state index in [9.17, 15) is 14.4 Å². The van der Waals surface area contributed by atoms with Crippen LogP contribution in [0.3, 0.4) is 0 Å². The molecule has 0 saturated carbocycles. The van der Waals surface area contributed by atoms with Gasteiger partial charge < -0.3 is 19.4 Å². The Hall–Kier alpha value is -2.57. The van der Waals surface area contributed by atoms with E-state index in [1.807, 2.05) is 32.0 Å². The Bertz CT molecular complexity index is 714. The van der Waals surface area contributed by atoms with Gasteiger partial charge >= 0.3 is 5.97 Å². The molecule has 1 aromatic carbocycles. The number of para-hydroxylation sites is 1. The largest absolute Gasteiger partial charge is 0.452 e. The summed E-state index contributed by atoms with van der Waals surface area (Å²) in [5.74, 6) is -1.15. The monoisotopic (exact) mass is 387 g/mol. The topological polar surface area (TPSA) is 70.2 Å². The lowest BCUT2D eigenvalue weighted by atomic mass is 10.1. The SMILES string of the molecule is CC(OC(=O)C1CC(=O)N(C(C)C)C1)C(=O)N1CCN(c2ccccc2)CC1. The maximum Gasteiger partial charge on any atom is 0.312 e. The Morgan fingerprint density at radius 2 is 1.68 bits per heavy atom. The smallest absolute Gasteiger partial charge is 0.312 e. The summed E-state index contributed by atoms with van der Waals surface area (Å²) in [6.07, 6.45) is -0.674. The minimum Gasteiger partial charge on any atom is -0.452 e. The first-order valence-corrected chi connectivity index (χ1v) is 9.95. The molecule has 0 radical (unpaired) electrons. The average Bonchev–Trinajstić information content (AvgIpc) is 3.10. The quantitative estimate of drug-likeness (QED) is 0.717. The molecular weight excluding hydrogens is 358 g/mol. The van der Waals surface area contributed by atoms with Gasteiger partial charge in [0.05, 0.1) is 5.92 Å². The highest BCUT2D eigenvalue weighted by Crippen LogP contribution is 2.22. The van der Waals surface area contributed by atoms with Crippen LogP contribution in [0.2, 0.25) is 0 Å². The van der Waals surface area contributed by atoms with Crippen LogP contribution in [0.25, 0.3) is 0 Å². The average molecular weight is 387 g/mol. The first-order valence-electron chi connectivity index (χ1n) is 9.95. The van der Waals surface area contributed by atoms with Gasteiger partial charge in [-0.15, -0.1) is 0 Å². The fourth-order valence-corrected chi connectivity index (χ4v) is 3.79. The van der Waals surface area contributed by atoms with Gasteiger partial charge in [0.2, 0.25) is 5.91 Å². The minimum atomic E-state index is -0.834. The van der Waals surface area contributed by atoms with Crippen LogP contribution in [0.1, 0.15) is 27.2 Å². The molecule has 2 aliphatic rings. The highest BCUT2D eigenvalue weighted by Gasteiger charge is 2.38. The first kappa shape index (κ1) is 20.2. The van der Waals surface area contributed by atoms with E-state index in [1.165, 1.54) is 0 Å². The summed E-state index contributed by atoms with van der Waals surface area (Å²) in [5.41, 5.74) is 1.15. The van der Waals surface area contributed by atoms with E-state index < -0.39 is 18.0 Å². The van der Waals surface area contributed by atoms with Crippen molar-refractivity contribution in [3.8, 4) is 0 Å². The molecule has 0 N–H and O–H groups in total. The molecule has 2 amide bonds. The van der Waals surface area contributed by atoms with Crippen LogP contribution in [-0.4, -0.2) is 72.5 Å². The number of carbonyl (C=O) groups excluding carboxylic acids is 3. The number of amides is 2. The zero-order valence-corrected chi connectivity index (χ0v) is 16.8. The lowest BCUT2D eigenvalue weighted by molar-refractivity contribution is -0.162. The Labute approximate surface area is 166 Å². The molecule has 0 aromatic heterocycles. The van der Waals surface area contributed by atoms with Gasteiger partial charge in [-0.1, -0.05) is 18.2 Å². The number of rotatable bonds is 5. The molecule has 152 valence electrons. The zero-order valence-electron chi connectivity index (χ0n) is 16.8. The maximum absolute atomic E-state index is 12.7. The van der Waals surface area contributed by atoms with Crippen LogP contribution in [0, 0.1) is 5.92 Å². The van der Waals surface area contributed by atoms with Crippen molar-refractivity contribution in [1.29, 1.82) is 0 Å². The maximum atomic E-state index is 12.7. The van der Waals surface area contributed by atoms with E-state index in [0.29, 0.717) is 19.6 Å². The second-order valence-corrected chi connectivity index (χ2v) is 7.77. The van der Waals surface area contributed by atoms with Crippen molar-refractivity contribution in [3.63, 3.8) is 0 Å². The summed E-state index contributed by atoms with van der Waals surface area (Å²) >= 11 is 0. The molecule has 2 heterocycles. The predicted molar refractivity (Wildman–Crippen MR) is 106 cm³/mol. The van der Waals surface area contributed by atoms with Crippen molar-refractivity contribution in [1.82, 2.24) is 9.80 Å². The number of hydrogen-bond donors (Lipinski definition) is 0. The number of hydrogen-bond acceptors (Lipinski definition) is 5. The molecule has 2 unspecified atom stereocenters. The van der Waals surface area contributed by atoms with E-state index in [1.54, 1.807) is 16.7 Å². The first-order chi connectivity index (χ1) is 13.4. The normalized spacial score (nSPS) is 21.2. The van der Waals surface area contributed by atoms with Crippen molar-refractivity contribution in [3.05, 3.63) is 30.3 Å². The number of nitrogens with zero attached hydrogens (tertiary/aromatic N) is 3. The molecule has 2 fully saturated rings. The Balaban J connectivity index is 1.49.